The first kappa shape index (κ1) is 34.4. The van der Waals surface area contributed by atoms with Gasteiger partial charge in [-0.15, -0.1) is 11.3 Å². The second kappa shape index (κ2) is 13.6. The Morgan fingerprint density at radius 1 is 1.14 bits per heavy atom. The summed E-state index contributed by atoms with van der Waals surface area (Å²) in [5.41, 5.74) is -0.396. The van der Waals surface area contributed by atoms with Gasteiger partial charge in [-0.1, -0.05) is 37.1 Å². The highest BCUT2D eigenvalue weighted by atomic mass is 32.2. The average molecular weight is 729 g/mol. The van der Waals surface area contributed by atoms with Crippen LogP contribution in [0, 0.1) is 18.7 Å². The number of aryl methyl sites for hydroxylation is 1. The standard InChI is InChI=1S/C34H41FN6O7S2/c1-20-16-36-32(49-20)37-27-11-6-4-2-3-5-9-22-15-34(22,31(44)39-50(46,47)24-12-13-24)38-29(42)28-14-23(18-41(28)30(27)43)48-33(45)40-17-21-8-7-10-26(35)25(21)19-40/h5,7-10,16,22-24,27-28H,2-4,6,11-15,17-19H2,1H3,(H,36,37)(H,38,42)(H,39,44)/t22-,23-,27+,28+,34-/m1/s1. The summed E-state index contributed by atoms with van der Waals surface area (Å²) in [6, 6.07) is 2.83. The van der Waals surface area contributed by atoms with Gasteiger partial charge < -0.3 is 20.3 Å². The van der Waals surface area contributed by atoms with Gasteiger partial charge in [0.2, 0.25) is 21.8 Å². The molecule has 2 aliphatic carbocycles. The van der Waals surface area contributed by atoms with Crippen LogP contribution in [0.4, 0.5) is 14.3 Å². The molecule has 1 saturated heterocycles. The van der Waals surface area contributed by atoms with Gasteiger partial charge in [-0.2, -0.15) is 0 Å². The van der Waals surface area contributed by atoms with E-state index in [4.69, 9.17) is 4.74 Å². The summed E-state index contributed by atoms with van der Waals surface area (Å²) in [5.74, 6) is -2.64. The molecule has 4 heterocycles. The third-order valence-corrected chi connectivity index (χ3v) is 12.9. The maximum Gasteiger partial charge on any atom is 0.410 e. The number of aromatic nitrogens is 1. The molecule has 2 saturated carbocycles. The van der Waals surface area contributed by atoms with Crippen LogP contribution < -0.4 is 15.4 Å². The van der Waals surface area contributed by atoms with E-state index in [1.807, 2.05) is 19.1 Å². The van der Waals surface area contributed by atoms with Crippen molar-refractivity contribution in [2.45, 2.75) is 107 Å². The topological polar surface area (TPSA) is 167 Å². The Labute approximate surface area is 294 Å². The molecule has 2 aromatic rings. The number of amides is 4. The van der Waals surface area contributed by atoms with Gasteiger partial charge in [0.1, 0.15) is 29.5 Å². The number of halogens is 1. The number of ether oxygens (including phenoxy) is 1. The number of nitrogens with zero attached hydrogens (tertiary/aromatic N) is 3. The lowest BCUT2D eigenvalue weighted by atomic mass is 10.1. The van der Waals surface area contributed by atoms with Crippen molar-refractivity contribution >= 4 is 50.3 Å². The number of thiazole rings is 1. The first-order valence-corrected chi connectivity index (χ1v) is 19.6. The summed E-state index contributed by atoms with van der Waals surface area (Å²) in [7, 11) is -3.88. The third kappa shape index (κ3) is 7.09. The molecule has 0 bridgehead atoms. The summed E-state index contributed by atoms with van der Waals surface area (Å²) < 4.78 is 48.0. The molecule has 4 amide bonds. The normalized spacial score (nSPS) is 28.4. The minimum Gasteiger partial charge on any atom is -0.444 e. The highest BCUT2D eigenvalue weighted by molar-refractivity contribution is 7.91. The van der Waals surface area contributed by atoms with E-state index in [1.165, 1.54) is 27.2 Å². The molecule has 50 heavy (non-hydrogen) atoms. The first-order chi connectivity index (χ1) is 23.9. The van der Waals surface area contributed by atoms with E-state index in [-0.39, 0.29) is 38.4 Å². The van der Waals surface area contributed by atoms with Gasteiger partial charge >= 0.3 is 6.09 Å². The molecule has 1 aromatic carbocycles. The highest BCUT2D eigenvalue weighted by Crippen LogP contribution is 2.46. The fourth-order valence-corrected chi connectivity index (χ4v) is 9.23. The Morgan fingerprint density at radius 2 is 1.96 bits per heavy atom. The zero-order valence-electron chi connectivity index (χ0n) is 27.7. The number of anilines is 1. The predicted molar refractivity (Wildman–Crippen MR) is 182 cm³/mol. The molecule has 16 heteroatoms. The van der Waals surface area contributed by atoms with Crippen molar-refractivity contribution in [1.82, 2.24) is 24.8 Å². The monoisotopic (exact) mass is 728 g/mol. The van der Waals surface area contributed by atoms with E-state index in [0.29, 0.717) is 35.5 Å². The van der Waals surface area contributed by atoms with Gasteiger partial charge in [0.05, 0.1) is 18.3 Å². The van der Waals surface area contributed by atoms with Crippen LogP contribution in [0.15, 0.2) is 36.5 Å². The zero-order valence-corrected chi connectivity index (χ0v) is 29.4. The smallest absolute Gasteiger partial charge is 0.410 e. The molecule has 5 aliphatic rings. The maximum atomic E-state index is 14.4. The second-order valence-corrected chi connectivity index (χ2v) is 17.2. The molecule has 0 radical (unpaired) electrons. The summed E-state index contributed by atoms with van der Waals surface area (Å²) in [4.78, 5) is 63.6. The van der Waals surface area contributed by atoms with Crippen molar-refractivity contribution in [2.75, 3.05) is 11.9 Å². The van der Waals surface area contributed by atoms with Crippen molar-refractivity contribution in [2.24, 2.45) is 5.92 Å². The van der Waals surface area contributed by atoms with E-state index >= 15 is 0 Å². The van der Waals surface area contributed by atoms with Crippen LogP contribution in [0.25, 0.3) is 0 Å². The number of benzene rings is 1. The van der Waals surface area contributed by atoms with Crippen LogP contribution in [0.1, 0.15) is 73.8 Å². The van der Waals surface area contributed by atoms with Crippen molar-refractivity contribution < 1.29 is 36.7 Å². The Morgan fingerprint density at radius 3 is 2.70 bits per heavy atom. The minimum atomic E-state index is -3.88. The number of carbonyl (C=O) groups excluding carboxylic acids is 4. The largest absolute Gasteiger partial charge is 0.444 e. The molecule has 0 unspecified atom stereocenters. The van der Waals surface area contributed by atoms with E-state index in [0.717, 1.165) is 30.6 Å². The first-order valence-electron chi connectivity index (χ1n) is 17.2. The SMILES string of the molecule is Cc1cnc(N[C@H]2CCCCCC=C[C@@H]3C[C@@]3(C(=O)NS(=O)(=O)C3CC3)NC(=O)[C@@H]3C[C@@H](OC(=O)N4Cc5cccc(F)c5C4)CN3C2=O)s1. The maximum absolute atomic E-state index is 14.4. The lowest BCUT2D eigenvalue weighted by Gasteiger charge is -2.29. The van der Waals surface area contributed by atoms with E-state index in [1.54, 1.807) is 18.3 Å². The molecule has 0 spiro atoms. The van der Waals surface area contributed by atoms with E-state index in [2.05, 4.69) is 20.3 Å². The Hall–Kier alpha value is -4.05. The molecule has 7 rings (SSSR count). The molecular weight excluding hydrogens is 688 g/mol. The molecule has 5 atom stereocenters. The van der Waals surface area contributed by atoms with Crippen molar-refractivity contribution in [1.29, 1.82) is 0 Å². The number of carbonyl (C=O) groups is 4. The van der Waals surface area contributed by atoms with E-state index < -0.39 is 68.6 Å². The predicted octanol–water partition coefficient (Wildman–Crippen LogP) is 3.50. The van der Waals surface area contributed by atoms with Crippen LogP contribution in [0.3, 0.4) is 0 Å². The Balaban J connectivity index is 1.14. The molecule has 13 nitrogen and oxygen atoms in total. The fourth-order valence-electron chi connectivity index (χ4n) is 7.14. The molecular formula is C34H41FN6O7S2. The van der Waals surface area contributed by atoms with Gasteiger partial charge in [0, 0.05) is 35.5 Å². The highest BCUT2D eigenvalue weighted by Gasteiger charge is 2.62. The number of hydrogen-bond donors (Lipinski definition) is 3. The van der Waals surface area contributed by atoms with Crippen molar-refractivity contribution in [3.8, 4) is 0 Å². The van der Waals surface area contributed by atoms with Crippen LogP contribution in [0.5, 0.6) is 0 Å². The lowest BCUT2D eigenvalue weighted by Crippen LogP contribution is -2.57. The number of hydrogen-bond acceptors (Lipinski definition) is 10. The number of nitrogens with one attached hydrogen (secondary N) is 3. The van der Waals surface area contributed by atoms with Gasteiger partial charge in [-0.25, -0.2) is 22.6 Å². The Bertz CT molecular complexity index is 1830. The fraction of sp³-hybridized carbons (Fsp3) is 0.559. The van der Waals surface area contributed by atoms with Crippen molar-refractivity contribution in [3.63, 3.8) is 0 Å². The number of sulfonamides is 1. The summed E-state index contributed by atoms with van der Waals surface area (Å²) >= 11 is 1.41. The van der Waals surface area contributed by atoms with Crippen LogP contribution in [0.2, 0.25) is 0 Å². The van der Waals surface area contributed by atoms with Crippen LogP contribution in [-0.2, 0) is 42.2 Å². The molecule has 3 aliphatic heterocycles. The summed E-state index contributed by atoms with van der Waals surface area (Å²) in [5, 5.41) is 6.04. The number of fused-ring (bicyclic) bond motifs is 3. The van der Waals surface area contributed by atoms with Crippen molar-refractivity contribution in [3.05, 3.63) is 58.4 Å². The molecule has 1 aromatic heterocycles. The van der Waals surface area contributed by atoms with E-state index in [9.17, 15) is 32.0 Å². The lowest BCUT2D eigenvalue weighted by molar-refractivity contribution is -0.140. The van der Waals surface area contributed by atoms with Gasteiger partial charge in [0.15, 0.2) is 5.13 Å². The van der Waals surface area contributed by atoms with Crippen LogP contribution >= 0.6 is 11.3 Å². The quantitative estimate of drug-likeness (QED) is 0.378. The summed E-state index contributed by atoms with van der Waals surface area (Å²) in [6.45, 7) is 2.04. The average Bonchev–Trinajstić information content (AvgIpc) is 3.89. The second-order valence-electron chi connectivity index (χ2n) is 14.0. The van der Waals surface area contributed by atoms with Crippen LogP contribution in [-0.4, -0.2) is 82.5 Å². The zero-order chi connectivity index (χ0) is 35.2. The van der Waals surface area contributed by atoms with Gasteiger partial charge in [0.25, 0.3) is 5.91 Å². The molecule has 268 valence electrons. The molecule has 3 fully saturated rings. The van der Waals surface area contributed by atoms with Gasteiger partial charge in [-0.05, 0) is 57.1 Å². The van der Waals surface area contributed by atoms with Gasteiger partial charge in [-0.3, -0.25) is 24.0 Å². The minimum absolute atomic E-state index is 0.0373. The third-order valence-electron chi connectivity index (χ3n) is 10.2. The Kier molecular flexibility index (Phi) is 9.35. The number of rotatable bonds is 6. The number of allylic oxidation sites excluding steroid dienone is 1. The molecule has 3 N–H and O–H groups in total. The summed E-state index contributed by atoms with van der Waals surface area (Å²) in [6.07, 6.45) is 8.69.